The van der Waals surface area contributed by atoms with Gasteiger partial charge in [0, 0.05) is 12.2 Å². The number of carbonyl (C=O) groups excluding carboxylic acids is 1. The maximum Gasteiger partial charge on any atom is 0.189 e. The first kappa shape index (κ1) is 16.0. The summed E-state index contributed by atoms with van der Waals surface area (Å²) in [7, 11) is 0. The van der Waals surface area contributed by atoms with Crippen molar-refractivity contribution in [3.8, 4) is 0 Å². The standard InChI is InChI=1S/C17H24OS/c1-3-5-6-7-8-9-17(18)19-14-16-12-10-15(4-2)11-13-16/h4,10-13H,2-3,5-9,14H2,1H3. The Bertz CT molecular complexity index is 381. The van der Waals surface area contributed by atoms with Crippen LogP contribution in [0.15, 0.2) is 30.8 Å². The minimum absolute atomic E-state index is 0.323. The van der Waals surface area contributed by atoms with Crippen molar-refractivity contribution >= 4 is 23.0 Å². The van der Waals surface area contributed by atoms with Gasteiger partial charge >= 0.3 is 0 Å². The van der Waals surface area contributed by atoms with E-state index in [0.29, 0.717) is 5.12 Å². The molecule has 1 rings (SSSR count). The Labute approximate surface area is 121 Å². The van der Waals surface area contributed by atoms with Gasteiger partial charge in [-0.15, -0.1) is 0 Å². The molecule has 0 aliphatic rings. The summed E-state index contributed by atoms with van der Waals surface area (Å²) in [5, 5.41) is 0.323. The Morgan fingerprint density at radius 2 is 1.84 bits per heavy atom. The van der Waals surface area contributed by atoms with Crippen LogP contribution in [0.2, 0.25) is 0 Å². The van der Waals surface area contributed by atoms with Gasteiger partial charge in [0.2, 0.25) is 0 Å². The lowest BCUT2D eigenvalue weighted by atomic mass is 10.1. The molecule has 0 saturated carbocycles. The summed E-state index contributed by atoms with van der Waals surface area (Å²) in [5.74, 6) is 0.783. The molecule has 0 radical (unpaired) electrons. The van der Waals surface area contributed by atoms with E-state index in [-0.39, 0.29) is 0 Å². The molecule has 0 fully saturated rings. The lowest BCUT2D eigenvalue weighted by Gasteiger charge is -2.02. The second kappa shape index (κ2) is 9.85. The van der Waals surface area contributed by atoms with Gasteiger partial charge in [-0.1, -0.05) is 81.3 Å². The minimum atomic E-state index is 0.323. The lowest BCUT2D eigenvalue weighted by Crippen LogP contribution is -1.93. The molecular weight excluding hydrogens is 252 g/mol. The van der Waals surface area contributed by atoms with Gasteiger partial charge in [0.15, 0.2) is 5.12 Å². The summed E-state index contributed by atoms with van der Waals surface area (Å²) in [4.78, 5) is 11.7. The van der Waals surface area contributed by atoms with E-state index in [2.05, 4.69) is 25.6 Å². The molecule has 0 heterocycles. The van der Waals surface area contributed by atoms with E-state index < -0.39 is 0 Å². The molecule has 0 amide bonds. The second-order valence-corrected chi connectivity index (χ2v) is 5.80. The average Bonchev–Trinajstić information content (AvgIpc) is 2.45. The third-order valence-electron chi connectivity index (χ3n) is 3.10. The molecule has 0 aliphatic carbocycles. The fraction of sp³-hybridized carbons (Fsp3) is 0.471. The molecule has 0 aliphatic heterocycles. The molecule has 0 spiro atoms. The van der Waals surface area contributed by atoms with Gasteiger partial charge in [0.1, 0.15) is 0 Å². The predicted octanol–water partition coefficient (Wildman–Crippen LogP) is 5.45. The SMILES string of the molecule is C=Cc1ccc(CSC(=O)CCCCCCC)cc1. The summed E-state index contributed by atoms with van der Waals surface area (Å²) >= 11 is 1.44. The smallest absolute Gasteiger partial charge is 0.189 e. The van der Waals surface area contributed by atoms with Gasteiger partial charge in [-0.05, 0) is 17.5 Å². The highest BCUT2D eigenvalue weighted by Crippen LogP contribution is 2.17. The van der Waals surface area contributed by atoms with Crippen LogP contribution in [0.1, 0.15) is 56.6 Å². The largest absolute Gasteiger partial charge is 0.287 e. The quantitative estimate of drug-likeness (QED) is 0.558. The van der Waals surface area contributed by atoms with E-state index in [1.54, 1.807) is 0 Å². The van der Waals surface area contributed by atoms with Gasteiger partial charge in [-0.25, -0.2) is 0 Å². The average molecular weight is 276 g/mol. The van der Waals surface area contributed by atoms with Crippen molar-refractivity contribution in [3.05, 3.63) is 42.0 Å². The molecule has 2 heteroatoms. The first-order valence-electron chi connectivity index (χ1n) is 7.13. The van der Waals surface area contributed by atoms with Crippen LogP contribution in [-0.2, 0) is 10.5 Å². The van der Waals surface area contributed by atoms with Crippen LogP contribution < -0.4 is 0 Å². The van der Waals surface area contributed by atoms with Gasteiger partial charge in [0.05, 0.1) is 0 Å². The maximum atomic E-state index is 11.7. The lowest BCUT2D eigenvalue weighted by molar-refractivity contribution is -0.111. The van der Waals surface area contributed by atoms with E-state index >= 15 is 0 Å². The number of carbonyl (C=O) groups is 1. The number of hydrogen-bond donors (Lipinski definition) is 0. The highest BCUT2D eigenvalue weighted by atomic mass is 32.2. The molecule has 0 aromatic heterocycles. The van der Waals surface area contributed by atoms with Crippen molar-refractivity contribution in [2.45, 2.75) is 51.2 Å². The van der Waals surface area contributed by atoms with Crippen molar-refractivity contribution in [3.63, 3.8) is 0 Å². The summed E-state index contributed by atoms with van der Waals surface area (Å²) in [6, 6.07) is 8.22. The first-order chi connectivity index (χ1) is 9.26. The molecule has 104 valence electrons. The minimum Gasteiger partial charge on any atom is -0.287 e. The number of benzene rings is 1. The van der Waals surface area contributed by atoms with Crippen LogP contribution in [-0.4, -0.2) is 5.12 Å². The van der Waals surface area contributed by atoms with Gasteiger partial charge in [0.25, 0.3) is 0 Å². The highest BCUT2D eigenvalue weighted by molar-refractivity contribution is 8.12. The Balaban J connectivity index is 2.16. The highest BCUT2D eigenvalue weighted by Gasteiger charge is 2.03. The third-order valence-corrected chi connectivity index (χ3v) is 4.10. The van der Waals surface area contributed by atoms with Crippen molar-refractivity contribution in [2.24, 2.45) is 0 Å². The summed E-state index contributed by atoms with van der Waals surface area (Å²) in [6.45, 7) is 5.94. The normalized spacial score (nSPS) is 10.4. The topological polar surface area (TPSA) is 17.1 Å². The van der Waals surface area contributed by atoms with Crippen LogP contribution in [0.3, 0.4) is 0 Å². The van der Waals surface area contributed by atoms with Crippen LogP contribution in [0.25, 0.3) is 6.08 Å². The van der Waals surface area contributed by atoms with Crippen molar-refractivity contribution in [1.29, 1.82) is 0 Å². The summed E-state index contributed by atoms with van der Waals surface area (Å²) in [5.41, 5.74) is 2.32. The monoisotopic (exact) mass is 276 g/mol. The Morgan fingerprint density at radius 1 is 1.16 bits per heavy atom. The van der Waals surface area contributed by atoms with Crippen molar-refractivity contribution < 1.29 is 4.79 Å². The maximum absolute atomic E-state index is 11.7. The van der Waals surface area contributed by atoms with E-state index in [4.69, 9.17) is 0 Å². The number of thioether (sulfide) groups is 1. The molecular formula is C17H24OS. The zero-order valence-electron chi connectivity index (χ0n) is 11.9. The predicted molar refractivity (Wildman–Crippen MR) is 86.2 cm³/mol. The molecule has 1 aromatic carbocycles. The number of unbranched alkanes of at least 4 members (excludes halogenated alkanes) is 4. The molecule has 0 unspecified atom stereocenters. The zero-order chi connectivity index (χ0) is 13.9. The summed E-state index contributed by atoms with van der Waals surface area (Å²) < 4.78 is 0. The van der Waals surface area contributed by atoms with Crippen LogP contribution >= 0.6 is 11.8 Å². The third kappa shape index (κ3) is 7.22. The Hall–Kier alpha value is -1.02. The van der Waals surface area contributed by atoms with Gasteiger partial charge in [-0.2, -0.15) is 0 Å². The zero-order valence-corrected chi connectivity index (χ0v) is 12.7. The second-order valence-electron chi connectivity index (χ2n) is 4.77. The molecule has 0 saturated heterocycles. The molecule has 1 aromatic rings. The van der Waals surface area contributed by atoms with Crippen LogP contribution in [0, 0.1) is 0 Å². The molecule has 0 atom stereocenters. The van der Waals surface area contributed by atoms with Gasteiger partial charge in [-0.3, -0.25) is 4.79 Å². The van der Waals surface area contributed by atoms with Crippen LogP contribution in [0.4, 0.5) is 0 Å². The Kier molecular flexibility index (Phi) is 8.31. The first-order valence-corrected chi connectivity index (χ1v) is 8.12. The summed E-state index contributed by atoms with van der Waals surface area (Å²) in [6.07, 6.45) is 8.59. The van der Waals surface area contributed by atoms with Crippen molar-refractivity contribution in [1.82, 2.24) is 0 Å². The fourth-order valence-electron chi connectivity index (χ4n) is 1.86. The van der Waals surface area contributed by atoms with Gasteiger partial charge < -0.3 is 0 Å². The number of rotatable bonds is 9. The van der Waals surface area contributed by atoms with Crippen LogP contribution in [0.5, 0.6) is 0 Å². The number of hydrogen-bond acceptors (Lipinski definition) is 2. The molecule has 0 bridgehead atoms. The van der Waals surface area contributed by atoms with E-state index in [1.807, 2.05) is 18.2 Å². The van der Waals surface area contributed by atoms with E-state index in [0.717, 1.165) is 24.2 Å². The molecule has 0 N–H and O–H groups in total. The molecule has 19 heavy (non-hydrogen) atoms. The fourth-order valence-corrected chi connectivity index (χ4v) is 2.67. The van der Waals surface area contributed by atoms with E-state index in [1.165, 1.54) is 43.0 Å². The van der Waals surface area contributed by atoms with E-state index in [9.17, 15) is 4.79 Å². The van der Waals surface area contributed by atoms with Crippen molar-refractivity contribution in [2.75, 3.05) is 0 Å². The molecule has 1 nitrogen and oxygen atoms in total. The Morgan fingerprint density at radius 3 is 2.47 bits per heavy atom.